The summed E-state index contributed by atoms with van der Waals surface area (Å²) in [5.74, 6) is 1.19. The first-order valence-corrected chi connectivity index (χ1v) is 13.0. The average molecular weight is 410 g/mol. The summed E-state index contributed by atoms with van der Waals surface area (Å²) in [7, 11) is -1.25. The van der Waals surface area contributed by atoms with Gasteiger partial charge in [-0.3, -0.25) is 0 Å². The number of ether oxygens (including phenoxy) is 1. The Morgan fingerprint density at radius 2 is 1.73 bits per heavy atom. The third-order valence-corrected chi connectivity index (χ3v) is 6.20. The molecule has 2 aromatic carbocycles. The zero-order valence-corrected chi connectivity index (χ0v) is 17.8. The Morgan fingerprint density at radius 1 is 0.962 bits per heavy atom. The first-order valence-electron chi connectivity index (χ1n) is 9.32. The Balaban J connectivity index is 2.01. The van der Waals surface area contributed by atoms with Crippen molar-refractivity contribution in [3.8, 4) is 22.6 Å². The van der Waals surface area contributed by atoms with Crippen LogP contribution in [0, 0.1) is 0 Å². The van der Waals surface area contributed by atoms with Gasteiger partial charge in [0.2, 0.25) is 0 Å². The molecule has 0 aliphatic rings. The maximum absolute atomic E-state index is 9.83. The smallest absolute Gasteiger partial charge is 0.273 e. The van der Waals surface area contributed by atoms with Crippen LogP contribution >= 0.6 is 22.2 Å². The molecule has 2 aromatic rings. The SMILES string of the molecule is CCCCCCOc1ccc(-c2ccc(O)cc2CCC[Si](Cl)Cl)cc1. The zero-order valence-electron chi connectivity index (χ0n) is 15.3. The summed E-state index contributed by atoms with van der Waals surface area (Å²) in [6, 6.07) is 14.6. The van der Waals surface area contributed by atoms with E-state index in [0.717, 1.165) is 54.4 Å². The van der Waals surface area contributed by atoms with Crippen molar-refractivity contribution in [2.24, 2.45) is 0 Å². The molecule has 0 bridgehead atoms. The first kappa shape index (κ1) is 21.1. The van der Waals surface area contributed by atoms with Crippen molar-refractivity contribution in [3.05, 3.63) is 48.0 Å². The third-order valence-electron chi connectivity index (χ3n) is 4.33. The van der Waals surface area contributed by atoms with E-state index in [1.54, 1.807) is 6.07 Å². The number of aryl methyl sites for hydroxylation is 1. The summed E-state index contributed by atoms with van der Waals surface area (Å²) in [5, 5.41) is 9.83. The van der Waals surface area contributed by atoms with Gasteiger partial charge >= 0.3 is 0 Å². The molecule has 0 saturated carbocycles. The molecule has 26 heavy (non-hydrogen) atoms. The second-order valence-corrected chi connectivity index (χ2v) is 11.0. The average Bonchev–Trinajstić information content (AvgIpc) is 2.62. The highest BCUT2D eigenvalue weighted by atomic mass is 35.7. The lowest BCUT2D eigenvalue weighted by Gasteiger charge is -2.12. The molecule has 0 aromatic heterocycles. The molecule has 2 nitrogen and oxygen atoms in total. The Morgan fingerprint density at radius 3 is 2.42 bits per heavy atom. The zero-order chi connectivity index (χ0) is 18.8. The van der Waals surface area contributed by atoms with Crippen molar-refractivity contribution in [1.29, 1.82) is 0 Å². The Kier molecular flexibility index (Phi) is 9.37. The number of halogens is 2. The van der Waals surface area contributed by atoms with E-state index in [1.807, 2.05) is 24.3 Å². The van der Waals surface area contributed by atoms with Gasteiger partial charge in [-0.2, -0.15) is 0 Å². The fraction of sp³-hybridized carbons (Fsp3) is 0.429. The minimum Gasteiger partial charge on any atom is -0.508 e. The number of unbranched alkanes of at least 4 members (excludes halogenated alkanes) is 3. The molecule has 1 N–H and O–H groups in total. The van der Waals surface area contributed by atoms with Crippen LogP contribution in [0.3, 0.4) is 0 Å². The normalized spacial score (nSPS) is 11.1. The van der Waals surface area contributed by atoms with Crippen LogP contribution in [0.1, 0.15) is 44.6 Å². The predicted octanol–water partition coefficient (Wildman–Crippen LogP) is 6.92. The van der Waals surface area contributed by atoms with E-state index in [0.29, 0.717) is 0 Å². The summed E-state index contributed by atoms with van der Waals surface area (Å²) < 4.78 is 5.82. The van der Waals surface area contributed by atoms with E-state index in [9.17, 15) is 5.11 Å². The highest BCUT2D eigenvalue weighted by molar-refractivity contribution is 7.33. The first-order chi connectivity index (χ1) is 12.6. The molecule has 0 unspecified atom stereocenters. The fourth-order valence-corrected chi connectivity index (χ4v) is 4.18. The van der Waals surface area contributed by atoms with Crippen LogP contribution in [0.15, 0.2) is 42.5 Å². The fourth-order valence-electron chi connectivity index (χ4n) is 2.93. The lowest BCUT2D eigenvalue weighted by atomic mass is 9.96. The molecule has 1 radical (unpaired) electrons. The van der Waals surface area contributed by atoms with Gasteiger partial charge in [0.1, 0.15) is 11.5 Å². The second kappa shape index (κ2) is 11.5. The van der Waals surface area contributed by atoms with Gasteiger partial charge in [-0.15, -0.1) is 22.2 Å². The molecule has 0 aliphatic carbocycles. The maximum atomic E-state index is 9.83. The van der Waals surface area contributed by atoms with Crippen molar-refractivity contribution in [3.63, 3.8) is 0 Å². The molecule has 141 valence electrons. The van der Waals surface area contributed by atoms with Gasteiger partial charge in [0, 0.05) is 0 Å². The van der Waals surface area contributed by atoms with E-state index in [-0.39, 0.29) is 5.75 Å². The quantitative estimate of drug-likeness (QED) is 0.248. The van der Waals surface area contributed by atoms with Crippen LogP contribution in [0.5, 0.6) is 11.5 Å². The number of hydrogen-bond donors (Lipinski definition) is 1. The highest BCUT2D eigenvalue weighted by Crippen LogP contribution is 2.30. The molecular formula is C21H27Cl2O2Si. The lowest BCUT2D eigenvalue weighted by molar-refractivity contribution is 0.305. The minimum absolute atomic E-state index is 0.290. The molecule has 0 atom stereocenters. The van der Waals surface area contributed by atoms with Crippen LogP contribution in [0.25, 0.3) is 11.1 Å². The molecule has 5 heteroatoms. The summed E-state index contributed by atoms with van der Waals surface area (Å²) in [5.41, 5.74) is 3.38. The van der Waals surface area contributed by atoms with Crippen LogP contribution in [-0.2, 0) is 6.42 Å². The van der Waals surface area contributed by atoms with Gasteiger partial charge in [0.25, 0.3) is 7.42 Å². The van der Waals surface area contributed by atoms with E-state index in [4.69, 9.17) is 26.9 Å². The molecule has 0 saturated heterocycles. The third kappa shape index (κ3) is 7.22. The van der Waals surface area contributed by atoms with E-state index in [1.165, 1.54) is 19.3 Å². The molecular weight excluding hydrogens is 383 g/mol. The van der Waals surface area contributed by atoms with Crippen molar-refractivity contribution >= 4 is 29.6 Å². The van der Waals surface area contributed by atoms with Crippen LogP contribution < -0.4 is 4.74 Å². The minimum atomic E-state index is -1.25. The van der Waals surface area contributed by atoms with Crippen LogP contribution in [-0.4, -0.2) is 19.1 Å². The number of rotatable bonds is 11. The Labute approximate surface area is 168 Å². The Bertz CT molecular complexity index is 660. The molecule has 0 aliphatic heterocycles. The van der Waals surface area contributed by atoms with E-state index < -0.39 is 7.42 Å². The van der Waals surface area contributed by atoms with Crippen molar-refractivity contribution in [2.75, 3.05) is 6.61 Å². The lowest BCUT2D eigenvalue weighted by Crippen LogP contribution is -1.97. The molecule has 0 fully saturated rings. The van der Waals surface area contributed by atoms with Crippen molar-refractivity contribution in [1.82, 2.24) is 0 Å². The number of phenolic OH excluding ortho intramolecular Hbond substituents is 1. The molecule has 0 amide bonds. The molecule has 0 spiro atoms. The van der Waals surface area contributed by atoms with Gasteiger partial charge in [-0.05, 0) is 66.3 Å². The molecule has 0 heterocycles. The van der Waals surface area contributed by atoms with Gasteiger partial charge in [0.05, 0.1) is 6.61 Å². The number of phenols is 1. The summed E-state index contributed by atoms with van der Waals surface area (Å²) >= 11 is 11.8. The maximum Gasteiger partial charge on any atom is 0.273 e. The number of benzene rings is 2. The Hall–Kier alpha value is -1.16. The van der Waals surface area contributed by atoms with E-state index >= 15 is 0 Å². The van der Waals surface area contributed by atoms with Crippen LogP contribution in [0.4, 0.5) is 0 Å². The van der Waals surface area contributed by atoms with Gasteiger partial charge < -0.3 is 9.84 Å². The summed E-state index contributed by atoms with van der Waals surface area (Å²) in [6.07, 6.45) is 6.61. The summed E-state index contributed by atoms with van der Waals surface area (Å²) in [4.78, 5) is 0. The highest BCUT2D eigenvalue weighted by Gasteiger charge is 2.09. The summed E-state index contributed by atoms with van der Waals surface area (Å²) in [6.45, 7) is 2.98. The number of aromatic hydroxyl groups is 1. The monoisotopic (exact) mass is 409 g/mol. The largest absolute Gasteiger partial charge is 0.508 e. The van der Waals surface area contributed by atoms with Gasteiger partial charge in [0.15, 0.2) is 0 Å². The van der Waals surface area contributed by atoms with Gasteiger partial charge in [-0.25, -0.2) is 0 Å². The number of hydrogen-bond acceptors (Lipinski definition) is 2. The topological polar surface area (TPSA) is 29.5 Å². The predicted molar refractivity (Wildman–Crippen MR) is 114 cm³/mol. The van der Waals surface area contributed by atoms with Crippen molar-refractivity contribution in [2.45, 2.75) is 51.5 Å². The standard InChI is InChI=1S/C21H27Cl2O2Si/c1-2-3-4-5-14-25-20-11-8-17(9-12-20)21-13-10-19(24)16-18(21)7-6-15-26(22)23/h8-13,16,24H,2-7,14-15H2,1H3. The van der Waals surface area contributed by atoms with E-state index in [2.05, 4.69) is 19.1 Å². The molecule has 2 rings (SSSR count). The van der Waals surface area contributed by atoms with Crippen molar-refractivity contribution < 1.29 is 9.84 Å². The van der Waals surface area contributed by atoms with Gasteiger partial charge in [-0.1, -0.05) is 44.4 Å². The van der Waals surface area contributed by atoms with Crippen LogP contribution in [0.2, 0.25) is 6.04 Å². The second-order valence-electron chi connectivity index (χ2n) is 6.47.